The van der Waals surface area contributed by atoms with E-state index in [0.717, 1.165) is 6.54 Å². The second-order valence-corrected chi connectivity index (χ2v) is 5.05. The van der Waals surface area contributed by atoms with Crippen LogP contribution in [0.1, 0.15) is 24.1 Å². The topological polar surface area (TPSA) is 49.5 Å². The zero-order valence-electron chi connectivity index (χ0n) is 9.37. The van der Waals surface area contributed by atoms with Crippen LogP contribution in [0, 0.1) is 0 Å². The fourth-order valence-corrected chi connectivity index (χ4v) is 2.48. The van der Waals surface area contributed by atoms with Crippen LogP contribution in [-0.2, 0) is 13.2 Å². The number of anilines is 1. The number of oxazole rings is 1. The Labute approximate surface area is 104 Å². The minimum atomic E-state index is -0.0690. The minimum absolute atomic E-state index is 0.0690. The molecule has 0 amide bonds. The van der Waals surface area contributed by atoms with Crippen LogP contribution in [0.4, 0.5) is 6.01 Å². The van der Waals surface area contributed by atoms with E-state index in [1.807, 2.05) is 0 Å². The number of aliphatic hydroxyl groups excluding tert-OH is 1. The average Bonchev–Trinajstić information content (AvgIpc) is 2.88. The van der Waals surface area contributed by atoms with Crippen LogP contribution in [0.3, 0.4) is 0 Å². The molecule has 1 aliphatic rings. The monoisotopic (exact) mass is 250 g/mol. The van der Waals surface area contributed by atoms with Crippen molar-refractivity contribution in [1.29, 1.82) is 0 Å². The number of thiophene rings is 1. The fourth-order valence-electron chi connectivity index (χ4n) is 1.82. The Morgan fingerprint density at radius 2 is 2.41 bits per heavy atom. The first-order valence-corrected chi connectivity index (χ1v) is 6.64. The van der Waals surface area contributed by atoms with Crippen molar-refractivity contribution in [3.05, 3.63) is 34.3 Å². The Kier molecular flexibility index (Phi) is 2.86. The van der Waals surface area contributed by atoms with Crippen LogP contribution >= 0.6 is 11.3 Å². The summed E-state index contributed by atoms with van der Waals surface area (Å²) in [6.45, 7) is 0.764. The van der Waals surface area contributed by atoms with Gasteiger partial charge in [0.15, 0.2) is 0 Å². The second kappa shape index (κ2) is 4.50. The van der Waals surface area contributed by atoms with Crippen LogP contribution in [-0.4, -0.2) is 16.1 Å². The third-order valence-electron chi connectivity index (χ3n) is 2.87. The van der Waals surface area contributed by atoms with Crippen LogP contribution < -0.4 is 4.90 Å². The highest BCUT2D eigenvalue weighted by Gasteiger charge is 2.32. The maximum absolute atomic E-state index is 9.00. The van der Waals surface area contributed by atoms with Crippen LogP contribution in [0.15, 0.2) is 27.5 Å². The molecule has 0 bridgehead atoms. The predicted molar refractivity (Wildman–Crippen MR) is 65.9 cm³/mol. The van der Waals surface area contributed by atoms with Gasteiger partial charge in [-0.1, -0.05) is 0 Å². The summed E-state index contributed by atoms with van der Waals surface area (Å²) < 4.78 is 5.43. The van der Waals surface area contributed by atoms with Gasteiger partial charge in [0.2, 0.25) is 0 Å². The number of hydrogen-bond acceptors (Lipinski definition) is 5. The van der Waals surface area contributed by atoms with Crippen LogP contribution in [0.25, 0.3) is 0 Å². The molecule has 2 aromatic heterocycles. The highest BCUT2D eigenvalue weighted by molar-refractivity contribution is 7.07. The molecule has 0 spiro atoms. The standard InChI is InChI=1S/C12H14N2O2S/c15-6-10-7-16-12(13-10)14(11-1-2-11)5-9-3-4-17-8-9/h3-4,7-8,11,15H,1-2,5-6H2. The summed E-state index contributed by atoms with van der Waals surface area (Å²) in [5.74, 6) is 0. The third-order valence-corrected chi connectivity index (χ3v) is 3.60. The van der Waals surface area contributed by atoms with Gasteiger partial charge in [-0.05, 0) is 35.2 Å². The number of rotatable bonds is 5. The molecule has 0 unspecified atom stereocenters. The van der Waals surface area contributed by atoms with Gasteiger partial charge in [0.1, 0.15) is 12.0 Å². The van der Waals surface area contributed by atoms with Gasteiger partial charge < -0.3 is 14.4 Å². The molecule has 2 aromatic rings. The first-order valence-electron chi connectivity index (χ1n) is 5.70. The summed E-state index contributed by atoms with van der Waals surface area (Å²) >= 11 is 1.70. The molecule has 1 fully saturated rings. The van der Waals surface area contributed by atoms with E-state index in [-0.39, 0.29) is 6.61 Å². The molecule has 0 atom stereocenters. The summed E-state index contributed by atoms with van der Waals surface area (Å²) in [7, 11) is 0. The highest BCUT2D eigenvalue weighted by atomic mass is 32.1. The Hall–Kier alpha value is -1.33. The lowest BCUT2D eigenvalue weighted by Gasteiger charge is -2.19. The zero-order valence-corrected chi connectivity index (χ0v) is 10.2. The number of hydrogen-bond donors (Lipinski definition) is 1. The van der Waals surface area contributed by atoms with Gasteiger partial charge in [0, 0.05) is 12.6 Å². The largest absolute Gasteiger partial charge is 0.432 e. The lowest BCUT2D eigenvalue weighted by molar-refractivity contribution is 0.276. The molecule has 90 valence electrons. The van der Waals surface area contributed by atoms with Gasteiger partial charge in [-0.25, -0.2) is 0 Å². The Morgan fingerprint density at radius 1 is 1.53 bits per heavy atom. The van der Waals surface area contributed by atoms with E-state index < -0.39 is 0 Å². The van der Waals surface area contributed by atoms with Crippen molar-refractivity contribution in [2.45, 2.75) is 32.0 Å². The second-order valence-electron chi connectivity index (χ2n) is 4.27. The summed E-state index contributed by atoms with van der Waals surface area (Å²) in [6, 6.07) is 3.29. The third kappa shape index (κ3) is 2.35. The molecular formula is C12H14N2O2S. The highest BCUT2D eigenvalue weighted by Crippen LogP contribution is 2.32. The molecule has 0 saturated heterocycles. The summed E-state index contributed by atoms with van der Waals surface area (Å²) in [5.41, 5.74) is 1.88. The fraction of sp³-hybridized carbons (Fsp3) is 0.417. The first-order chi connectivity index (χ1) is 8.36. The molecule has 17 heavy (non-hydrogen) atoms. The molecule has 4 nitrogen and oxygen atoms in total. The van der Waals surface area contributed by atoms with Crippen LogP contribution in [0.5, 0.6) is 0 Å². The van der Waals surface area contributed by atoms with E-state index in [1.165, 1.54) is 24.7 Å². The zero-order chi connectivity index (χ0) is 11.7. The molecular weight excluding hydrogens is 236 g/mol. The summed E-state index contributed by atoms with van der Waals surface area (Å²) in [4.78, 5) is 6.47. The Bertz CT molecular complexity index is 476. The van der Waals surface area contributed by atoms with E-state index in [9.17, 15) is 0 Å². The maximum Gasteiger partial charge on any atom is 0.298 e. The minimum Gasteiger partial charge on any atom is -0.432 e. The van der Waals surface area contributed by atoms with Gasteiger partial charge in [0.05, 0.1) is 6.61 Å². The molecule has 5 heteroatoms. The van der Waals surface area contributed by atoms with Crippen molar-refractivity contribution in [2.75, 3.05) is 4.90 Å². The van der Waals surface area contributed by atoms with E-state index in [4.69, 9.17) is 9.52 Å². The molecule has 1 aliphatic carbocycles. The van der Waals surface area contributed by atoms with E-state index in [1.54, 1.807) is 11.3 Å². The van der Waals surface area contributed by atoms with Crippen molar-refractivity contribution < 1.29 is 9.52 Å². The number of aliphatic hydroxyl groups is 1. The first kappa shape index (κ1) is 10.8. The van der Waals surface area contributed by atoms with Crippen molar-refractivity contribution >= 4 is 17.4 Å². The SMILES string of the molecule is OCc1coc(N(Cc2ccsc2)C2CC2)n1. The number of aromatic nitrogens is 1. The summed E-state index contributed by atoms with van der Waals surface area (Å²) in [6.07, 6.45) is 3.92. The van der Waals surface area contributed by atoms with E-state index in [2.05, 4.69) is 26.7 Å². The molecule has 3 rings (SSSR count). The van der Waals surface area contributed by atoms with E-state index >= 15 is 0 Å². The Balaban J connectivity index is 1.79. The van der Waals surface area contributed by atoms with Crippen molar-refractivity contribution in [1.82, 2.24) is 4.98 Å². The van der Waals surface area contributed by atoms with Gasteiger partial charge >= 0.3 is 0 Å². The normalized spacial score (nSPS) is 15.1. The molecule has 0 radical (unpaired) electrons. The van der Waals surface area contributed by atoms with Crippen LogP contribution in [0.2, 0.25) is 0 Å². The summed E-state index contributed by atoms with van der Waals surface area (Å²) in [5, 5.41) is 13.2. The maximum atomic E-state index is 9.00. The predicted octanol–water partition coefficient (Wildman–Crippen LogP) is 2.40. The molecule has 2 heterocycles. The van der Waals surface area contributed by atoms with Crippen molar-refractivity contribution in [2.24, 2.45) is 0 Å². The van der Waals surface area contributed by atoms with Crippen molar-refractivity contribution in [3.63, 3.8) is 0 Å². The molecule has 0 aliphatic heterocycles. The van der Waals surface area contributed by atoms with Gasteiger partial charge in [-0.3, -0.25) is 0 Å². The quantitative estimate of drug-likeness (QED) is 0.885. The average molecular weight is 250 g/mol. The van der Waals surface area contributed by atoms with Gasteiger partial charge in [0.25, 0.3) is 6.01 Å². The molecule has 0 aromatic carbocycles. The van der Waals surface area contributed by atoms with Crippen molar-refractivity contribution in [3.8, 4) is 0 Å². The van der Waals surface area contributed by atoms with E-state index in [0.29, 0.717) is 17.8 Å². The lowest BCUT2D eigenvalue weighted by atomic mass is 10.3. The van der Waals surface area contributed by atoms with Gasteiger partial charge in [-0.15, -0.1) is 0 Å². The van der Waals surface area contributed by atoms with Gasteiger partial charge in [-0.2, -0.15) is 16.3 Å². The smallest absolute Gasteiger partial charge is 0.298 e. The lowest BCUT2D eigenvalue weighted by Crippen LogP contribution is -2.25. The molecule has 1 saturated carbocycles. The number of nitrogens with zero attached hydrogens (tertiary/aromatic N) is 2. The Morgan fingerprint density at radius 3 is 3.00 bits per heavy atom. The molecule has 1 N–H and O–H groups in total.